The number of aliphatic hydroxyl groups is 1. The van der Waals surface area contributed by atoms with Crippen LogP contribution in [0, 0.1) is 11.6 Å². The van der Waals surface area contributed by atoms with Gasteiger partial charge in [0.2, 0.25) is 0 Å². The van der Waals surface area contributed by atoms with Gasteiger partial charge in [-0.25, -0.2) is 8.78 Å². The standard InChI is InChI=1S/C14H11BrF2O2/c1-8(18)13-7-10(16)2-3-14(13)19-12-5-9(15)4-11(17)6-12/h2-8,18H,1H3. The van der Waals surface area contributed by atoms with Crippen molar-refractivity contribution >= 4 is 15.9 Å². The van der Waals surface area contributed by atoms with Gasteiger partial charge in [-0.1, -0.05) is 15.9 Å². The van der Waals surface area contributed by atoms with Gasteiger partial charge in [0.15, 0.2) is 0 Å². The van der Waals surface area contributed by atoms with Crippen LogP contribution in [0.25, 0.3) is 0 Å². The van der Waals surface area contributed by atoms with E-state index in [0.29, 0.717) is 10.0 Å². The van der Waals surface area contributed by atoms with Crippen LogP contribution in [0.15, 0.2) is 40.9 Å². The molecule has 2 aromatic rings. The Morgan fingerprint density at radius 2 is 1.84 bits per heavy atom. The molecule has 100 valence electrons. The molecule has 2 aromatic carbocycles. The maximum Gasteiger partial charge on any atom is 0.133 e. The Labute approximate surface area is 117 Å². The highest BCUT2D eigenvalue weighted by atomic mass is 79.9. The van der Waals surface area contributed by atoms with E-state index < -0.39 is 17.7 Å². The van der Waals surface area contributed by atoms with Crippen molar-refractivity contribution in [2.75, 3.05) is 0 Å². The Hall–Kier alpha value is -1.46. The quantitative estimate of drug-likeness (QED) is 0.894. The van der Waals surface area contributed by atoms with Crippen LogP contribution < -0.4 is 4.74 Å². The van der Waals surface area contributed by atoms with Crippen molar-refractivity contribution < 1.29 is 18.6 Å². The SMILES string of the molecule is CC(O)c1cc(F)ccc1Oc1cc(F)cc(Br)c1. The molecule has 5 heteroatoms. The Morgan fingerprint density at radius 3 is 2.47 bits per heavy atom. The molecule has 0 radical (unpaired) electrons. The van der Waals surface area contributed by atoms with Crippen molar-refractivity contribution in [1.82, 2.24) is 0 Å². The van der Waals surface area contributed by atoms with E-state index in [1.807, 2.05) is 0 Å². The first-order chi connectivity index (χ1) is 8.95. The molecule has 2 rings (SSSR count). The first-order valence-corrected chi connectivity index (χ1v) is 6.36. The second-order valence-electron chi connectivity index (χ2n) is 4.07. The van der Waals surface area contributed by atoms with Crippen molar-refractivity contribution in [1.29, 1.82) is 0 Å². The lowest BCUT2D eigenvalue weighted by molar-refractivity contribution is 0.195. The number of aliphatic hydroxyl groups excluding tert-OH is 1. The molecular weight excluding hydrogens is 318 g/mol. The minimum absolute atomic E-state index is 0.264. The fourth-order valence-electron chi connectivity index (χ4n) is 1.65. The van der Waals surface area contributed by atoms with Crippen LogP contribution in [0.1, 0.15) is 18.6 Å². The third-order valence-corrected chi connectivity index (χ3v) is 2.94. The molecular formula is C14H11BrF2O2. The number of benzene rings is 2. The van der Waals surface area contributed by atoms with Crippen LogP contribution in [0.4, 0.5) is 8.78 Å². The molecule has 0 saturated heterocycles. The molecule has 0 aromatic heterocycles. The van der Waals surface area contributed by atoms with Crippen LogP contribution >= 0.6 is 15.9 Å². The minimum atomic E-state index is -0.886. The van der Waals surface area contributed by atoms with Gasteiger partial charge in [0, 0.05) is 16.1 Å². The second kappa shape index (κ2) is 5.67. The van der Waals surface area contributed by atoms with E-state index in [1.54, 1.807) is 6.07 Å². The molecule has 0 heterocycles. The summed E-state index contributed by atoms with van der Waals surface area (Å²) in [7, 11) is 0. The Balaban J connectivity index is 2.37. The highest BCUT2D eigenvalue weighted by Crippen LogP contribution is 2.31. The zero-order chi connectivity index (χ0) is 14.0. The normalized spacial score (nSPS) is 12.3. The third-order valence-electron chi connectivity index (χ3n) is 2.49. The molecule has 1 N–H and O–H groups in total. The molecule has 2 nitrogen and oxygen atoms in total. The first-order valence-electron chi connectivity index (χ1n) is 5.57. The summed E-state index contributed by atoms with van der Waals surface area (Å²) in [6.07, 6.45) is -0.886. The molecule has 19 heavy (non-hydrogen) atoms. The molecule has 0 spiro atoms. The maximum atomic E-state index is 13.2. The molecule has 0 fully saturated rings. The van der Waals surface area contributed by atoms with Gasteiger partial charge in [0.05, 0.1) is 6.10 Å². The molecule has 0 aliphatic heterocycles. The lowest BCUT2D eigenvalue weighted by atomic mass is 10.1. The Morgan fingerprint density at radius 1 is 1.11 bits per heavy atom. The average molecular weight is 329 g/mol. The highest BCUT2D eigenvalue weighted by molar-refractivity contribution is 9.10. The molecule has 0 aliphatic rings. The lowest BCUT2D eigenvalue weighted by Gasteiger charge is -2.13. The largest absolute Gasteiger partial charge is 0.457 e. The average Bonchev–Trinajstić information content (AvgIpc) is 2.30. The summed E-state index contributed by atoms with van der Waals surface area (Å²) in [5.74, 6) is -0.372. The van der Waals surface area contributed by atoms with Gasteiger partial charge in [0.25, 0.3) is 0 Å². The zero-order valence-corrected chi connectivity index (χ0v) is 11.6. The van der Waals surface area contributed by atoms with E-state index in [1.165, 1.54) is 37.3 Å². The topological polar surface area (TPSA) is 29.5 Å². The number of hydrogen-bond donors (Lipinski definition) is 1. The highest BCUT2D eigenvalue weighted by Gasteiger charge is 2.12. The fourth-order valence-corrected chi connectivity index (χ4v) is 2.10. The summed E-state index contributed by atoms with van der Waals surface area (Å²) < 4.78 is 32.4. The van der Waals surface area contributed by atoms with Crippen molar-refractivity contribution in [3.8, 4) is 11.5 Å². The zero-order valence-electron chi connectivity index (χ0n) is 10.0. The predicted octanol–water partition coefficient (Wildman–Crippen LogP) is 4.57. The van der Waals surface area contributed by atoms with E-state index in [2.05, 4.69) is 15.9 Å². The molecule has 1 atom stereocenters. The van der Waals surface area contributed by atoms with E-state index in [-0.39, 0.29) is 11.5 Å². The van der Waals surface area contributed by atoms with Gasteiger partial charge in [-0.15, -0.1) is 0 Å². The molecule has 0 bridgehead atoms. The fraction of sp³-hybridized carbons (Fsp3) is 0.143. The van der Waals surface area contributed by atoms with Crippen LogP contribution in [-0.2, 0) is 0 Å². The lowest BCUT2D eigenvalue weighted by Crippen LogP contribution is -1.97. The number of halogens is 3. The maximum absolute atomic E-state index is 13.2. The minimum Gasteiger partial charge on any atom is -0.457 e. The van der Waals surface area contributed by atoms with Crippen LogP contribution in [0.5, 0.6) is 11.5 Å². The summed E-state index contributed by atoms with van der Waals surface area (Å²) in [4.78, 5) is 0. The summed E-state index contributed by atoms with van der Waals surface area (Å²) in [6.45, 7) is 1.50. The van der Waals surface area contributed by atoms with Crippen LogP contribution in [0.2, 0.25) is 0 Å². The van der Waals surface area contributed by atoms with E-state index in [0.717, 1.165) is 0 Å². The van der Waals surface area contributed by atoms with Gasteiger partial charge in [-0.05, 0) is 37.3 Å². The van der Waals surface area contributed by atoms with Gasteiger partial charge in [-0.3, -0.25) is 0 Å². The Bertz CT molecular complexity index is 580. The molecule has 0 amide bonds. The van der Waals surface area contributed by atoms with Gasteiger partial charge in [0.1, 0.15) is 23.1 Å². The van der Waals surface area contributed by atoms with Crippen molar-refractivity contribution in [3.05, 3.63) is 58.1 Å². The summed E-state index contributed by atoms with van der Waals surface area (Å²) >= 11 is 3.16. The predicted molar refractivity (Wildman–Crippen MR) is 71.2 cm³/mol. The van der Waals surface area contributed by atoms with Gasteiger partial charge < -0.3 is 9.84 Å². The van der Waals surface area contributed by atoms with Crippen LogP contribution in [0.3, 0.4) is 0 Å². The molecule has 0 aliphatic carbocycles. The molecule has 0 saturated carbocycles. The Kier molecular flexibility index (Phi) is 4.17. The number of ether oxygens (including phenoxy) is 1. The van der Waals surface area contributed by atoms with Crippen molar-refractivity contribution in [2.24, 2.45) is 0 Å². The van der Waals surface area contributed by atoms with E-state index >= 15 is 0 Å². The second-order valence-corrected chi connectivity index (χ2v) is 4.98. The van der Waals surface area contributed by atoms with E-state index in [4.69, 9.17) is 4.74 Å². The monoisotopic (exact) mass is 328 g/mol. The van der Waals surface area contributed by atoms with Gasteiger partial charge in [-0.2, -0.15) is 0 Å². The summed E-state index contributed by atoms with van der Waals surface area (Å²) in [5.41, 5.74) is 0.306. The number of hydrogen-bond acceptors (Lipinski definition) is 2. The number of rotatable bonds is 3. The third kappa shape index (κ3) is 3.52. The van der Waals surface area contributed by atoms with Crippen molar-refractivity contribution in [3.63, 3.8) is 0 Å². The van der Waals surface area contributed by atoms with Gasteiger partial charge >= 0.3 is 0 Å². The first kappa shape index (κ1) is 14.0. The molecule has 1 unspecified atom stereocenters. The van der Waals surface area contributed by atoms with E-state index in [9.17, 15) is 13.9 Å². The summed E-state index contributed by atoms with van der Waals surface area (Å²) in [6, 6.07) is 7.89. The smallest absolute Gasteiger partial charge is 0.133 e. The summed E-state index contributed by atoms with van der Waals surface area (Å²) in [5, 5.41) is 9.59. The van der Waals surface area contributed by atoms with Crippen molar-refractivity contribution in [2.45, 2.75) is 13.0 Å². The van der Waals surface area contributed by atoms with Crippen LogP contribution in [-0.4, -0.2) is 5.11 Å².